The van der Waals surface area contributed by atoms with Gasteiger partial charge in [-0.25, -0.2) is 13.4 Å². The van der Waals surface area contributed by atoms with Gasteiger partial charge >= 0.3 is 6.36 Å². The van der Waals surface area contributed by atoms with Gasteiger partial charge in [-0.2, -0.15) is 5.10 Å². The number of alkyl halides is 3. The van der Waals surface area contributed by atoms with Crippen LogP contribution in [0, 0.1) is 0 Å². The first kappa shape index (κ1) is 28.0. The van der Waals surface area contributed by atoms with E-state index in [2.05, 4.69) is 19.8 Å². The maximum atomic E-state index is 13.4. The molecule has 1 aliphatic rings. The number of hydrazone groups is 1. The predicted molar refractivity (Wildman–Crippen MR) is 135 cm³/mol. The second kappa shape index (κ2) is 10.6. The summed E-state index contributed by atoms with van der Waals surface area (Å²) in [7, 11) is -4.05. The highest BCUT2D eigenvalue weighted by Gasteiger charge is 2.40. The summed E-state index contributed by atoms with van der Waals surface area (Å²) in [4.78, 5) is 34.0. The molecule has 0 spiro atoms. The zero-order chi connectivity index (χ0) is 28.5. The Morgan fingerprint density at radius 1 is 1.08 bits per heavy atom. The molecule has 2 unspecified atom stereocenters. The van der Waals surface area contributed by atoms with E-state index in [0.29, 0.717) is 27.9 Å². The van der Waals surface area contributed by atoms with Gasteiger partial charge in [0.2, 0.25) is 11.8 Å². The van der Waals surface area contributed by atoms with E-state index in [1.165, 1.54) is 38.4 Å². The van der Waals surface area contributed by atoms with Crippen molar-refractivity contribution in [1.82, 2.24) is 15.0 Å². The van der Waals surface area contributed by atoms with E-state index in [0.717, 1.165) is 17.1 Å². The molecule has 1 aromatic heterocycles. The molecule has 2 amide bonds. The number of fused-ring (bicyclic) bond motifs is 1. The van der Waals surface area contributed by atoms with Crippen molar-refractivity contribution in [1.29, 1.82) is 0 Å². The summed E-state index contributed by atoms with van der Waals surface area (Å²) < 4.78 is 67.0. The highest BCUT2D eigenvalue weighted by Crippen LogP contribution is 2.35. The van der Waals surface area contributed by atoms with Gasteiger partial charge in [0.05, 0.1) is 34.5 Å². The fourth-order valence-electron chi connectivity index (χ4n) is 4.17. The Labute approximate surface area is 221 Å². The largest absolute Gasteiger partial charge is 0.573 e. The average molecular weight is 564 g/mol. The van der Waals surface area contributed by atoms with E-state index in [9.17, 15) is 31.2 Å². The first-order valence-corrected chi connectivity index (χ1v) is 13.4. The van der Waals surface area contributed by atoms with Crippen molar-refractivity contribution in [2.24, 2.45) is 10.8 Å². The highest BCUT2D eigenvalue weighted by molar-refractivity contribution is 7.93. The van der Waals surface area contributed by atoms with E-state index >= 15 is 0 Å². The number of carbonyl (C=O) groups excluding carboxylic acids is 2. The number of rotatable bonds is 8. The second-order valence-electron chi connectivity index (χ2n) is 9.11. The van der Waals surface area contributed by atoms with Gasteiger partial charge in [0.15, 0.2) is 9.84 Å². The van der Waals surface area contributed by atoms with Gasteiger partial charge < -0.3 is 10.5 Å². The fourth-order valence-corrected chi connectivity index (χ4v) is 5.53. The number of sulfone groups is 1. The van der Waals surface area contributed by atoms with Crippen LogP contribution in [0.15, 0.2) is 60.0 Å². The van der Waals surface area contributed by atoms with Crippen molar-refractivity contribution >= 4 is 38.4 Å². The van der Waals surface area contributed by atoms with Crippen LogP contribution in [-0.4, -0.2) is 57.8 Å². The van der Waals surface area contributed by atoms with E-state index in [-0.39, 0.29) is 6.42 Å². The van der Waals surface area contributed by atoms with Crippen LogP contribution < -0.4 is 10.5 Å². The summed E-state index contributed by atoms with van der Waals surface area (Å²) in [6.07, 6.45) is -2.40. The molecule has 2 N–H and O–H groups in total. The Morgan fingerprint density at radius 2 is 1.72 bits per heavy atom. The predicted octanol–water partition coefficient (Wildman–Crippen LogP) is 3.27. The third-order valence-corrected chi connectivity index (χ3v) is 8.70. The Kier molecular flexibility index (Phi) is 7.59. The quantitative estimate of drug-likeness (QED) is 0.443. The van der Waals surface area contributed by atoms with Gasteiger partial charge in [0.25, 0.3) is 0 Å². The van der Waals surface area contributed by atoms with E-state index in [1.807, 2.05) is 0 Å². The molecule has 2 atom stereocenters. The molecule has 1 aliphatic heterocycles. The molecule has 2 heterocycles. The maximum absolute atomic E-state index is 13.4. The van der Waals surface area contributed by atoms with E-state index in [4.69, 9.17) is 5.73 Å². The monoisotopic (exact) mass is 563 g/mol. The summed E-state index contributed by atoms with van der Waals surface area (Å²) in [5, 5.41) is 2.77. The molecule has 14 heteroatoms. The zero-order valence-corrected chi connectivity index (χ0v) is 21.6. The Bertz CT molecular complexity index is 1540. The Balaban J connectivity index is 1.70. The van der Waals surface area contributed by atoms with Gasteiger partial charge in [-0.15, -0.1) is 13.2 Å². The Morgan fingerprint density at radius 3 is 2.31 bits per heavy atom. The molecule has 0 fully saturated rings. The van der Waals surface area contributed by atoms with Gasteiger partial charge in [0.1, 0.15) is 11.0 Å². The van der Waals surface area contributed by atoms with Gasteiger partial charge in [-0.3, -0.25) is 19.6 Å². The van der Waals surface area contributed by atoms with Gasteiger partial charge in [-0.1, -0.05) is 6.07 Å². The van der Waals surface area contributed by atoms with Crippen molar-refractivity contribution in [3.8, 4) is 5.75 Å². The summed E-state index contributed by atoms with van der Waals surface area (Å²) >= 11 is 0. The molecule has 0 aliphatic carbocycles. The number of carbonyl (C=O) groups is 2. The first-order chi connectivity index (χ1) is 18.3. The minimum absolute atomic E-state index is 0.148. The second-order valence-corrected chi connectivity index (χ2v) is 11.8. The molecule has 206 valence electrons. The van der Waals surface area contributed by atoms with Crippen LogP contribution in [0.5, 0.6) is 5.75 Å². The lowest BCUT2D eigenvalue weighted by molar-refractivity contribution is -0.274. The minimum Gasteiger partial charge on any atom is -0.406 e. The lowest BCUT2D eigenvalue weighted by Gasteiger charge is -2.24. The molecule has 0 radical (unpaired) electrons. The van der Waals surface area contributed by atoms with Crippen LogP contribution in [0.2, 0.25) is 0 Å². The molecule has 3 aromatic rings. The van der Waals surface area contributed by atoms with Crippen molar-refractivity contribution in [2.75, 3.05) is 0 Å². The third-order valence-electron chi connectivity index (χ3n) is 6.20. The molecule has 2 aromatic carbocycles. The molecule has 0 saturated heterocycles. The summed E-state index contributed by atoms with van der Waals surface area (Å²) in [5.41, 5.74) is 7.89. The van der Waals surface area contributed by atoms with Gasteiger partial charge in [-0.05, 0) is 61.4 Å². The lowest BCUT2D eigenvalue weighted by atomic mass is 9.97. The number of ether oxygens (including phenoxy) is 1. The number of nitrogens with zero attached hydrogens (tertiary/aromatic N) is 4. The standard InChI is InChI=1S/C25H24F3N5O5S/c1-14(2)39(36,37)22(24(29)35)13-23(34)33-21(16-5-8-18-20(11-16)31-10-9-30-18)12-19(32-33)15-3-6-17(7-4-15)38-25(26,27)28/h3-11,14,21-22H,12-13H2,1-2H3,(H2,29,35). The van der Waals surface area contributed by atoms with E-state index in [1.54, 1.807) is 18.2 Å². The first-order valence-electron chi connectivity index (χ1n) is 11.7. The number of amides is 2. The summed E-state index contributed by atoms with van der Waals surface area (Å²) in [6, 6.07) is 9.39. The highest BCUT2D eigenvalue weighted by atomic mass is 32.2. The molecular formula is C25H24F3N5O5S. The van der Waals surface area contributed by atoms with Crippen molar-refractivity contribution in [2.45, 2.75) is 49.6 Å². The van der Waals surface area contributed by atoms with Crippen molar-refractivity contribution < 1.29 is 35.9 Å². The van der Waals surface area contributed by atoms with Crippen LogP contribution in [0.25, 0.3) is 11.0 Å². The van der Waals surface area contributed by atoms with Crippen molar-refractivity contribution in [3.05, 3.63) is 66.0 Å². The van der Waals surface area contributed by atoms with E-state index < -0.39 is 56.7 Å². The molecule has 4 rings (SSSR count). The Hall–Kier alpha value is -4.07. The molecule has 0 saturated carbocycles. The smallest absolute Gasteiger partial charge is 0.406 e. The molecular weight excluding hydrogens is 539 g/mol. The lowest BCUT2D eigenvalue weighted by Crippen LogP contribution is -2.43. The molecule has 39 heavy (non-hydrogen) atoms. The zero-order valence-electron chi connectivity index (χ0n) is 20.8. The van der Waals surface area contributed by atoms with Crippen LogP contribution >= 0.6 is 0 Å². The number of nitrogens with two attached hydrogens (primary N) is 1. The maximum Gasteiger partial charge on any atom is 0.573 e. The SMILES string of the molecule is CC(C)S(=O)(=O)C(CC(=O)N1N=C(c2ccc(OC(F)(F)F)cc2)CC1c1ccc2nccnc2c1)C(N)=O. The van der Waals surface area contributed by atoms with Crippen LogP contribution in [0.1, 0.15) is 43.9 Å². The third kappa shape index (κ3) is 6.16. The molecule has 10 nitrogen and oxygen atoms in total. The number of primary amides is 1. The molecule has 0 bridgehead atoms. The topological polar surface area (TPSA) is 145 Å². The average Bonchev–Trinajstić information content (AvgIpc) is 3.31. The number of halogens is 3. The minimum atomic E-state index is -4.85. The van der Waals surface area contributed by atoms with Crippen LogP contribution in [0.3, 0.4) is 0 Å². The summed E-state index contributed by atoms with van der Waals surface area (Å²) in [6.45, 7) is 2.76. The number of hydrogen-bond donors (Lipinski definition) is 1. The number of aromatic nitrogens is 2. The van der Waals surface area contributed by atoms with Crippen LogP contribution in [-0.2, 0) is 19.4 Å². The van der Waals surface area contributed by atoms with Crippen LogP contribution in [0.4, 0.5) is 13.2 Å². The number of hydrogen-bond acceptors (Lipinski definition) is 8. The fraction of sp³-hybridized carbons (Fsp3) is 0.320. The summed E-state index contributed by atoms with van der Waals surface area (Å²) in [5.74, 6) is -2.34. The number of benzene rings is 2. The van der Waals surface area contributed by atoms with Gasteiger partial charge in [0, 0.05) is 18.8 Å². The van der Waals surface area contributed by atoms with Crippen molar-refractivity contribution in [3.63, 3.8) is 0 Å². The normalized spacial score (nSPS) is 16.8.